The number of hydrogen-bond acceptors (Lipinski definition) is 1. The van der Waals surface area contributed by atoms with Gasteiger partial charge in [0.05, 0.1) is 6.04 Å². The van der Waals surface area contributed by atoms with Crippen molar-refractivity contribution >= 4 is 33.2 Å². The van der Waals surface area contributed by atoms with E-state index in [1.807, 2.05) is 6.07 Å². The van der Waals surface area contributed by atoms with Crippen molar-refractivity contribution in [3.05, 3.63) is 75.2 Å². The lowest BCUT2D eigenvalue weighted by Gasteiger charge is -2.38. The van der Waals surface area contributed by atoms with E-state index < -0.39 is 0 Å². The molecule has 1 heterocycles. The molecule has 0 amide bonds. The fraction of sp³-hybridized carbons (Fsp3) is 0.222. The quantitative estimate of drug-likeness (QED) is 0.622. The first-order valence-corrected chi connectivity index (χ1v) is 8.38. The van der Waals surface area contributed by atoms with Crippen LogP contribution in [0.25, 0.3) is 0 Å². The molecule has 3 heteroatoms. The van der Waals surface area contributed by atoms with Crippen LogP contribution in [0.1, 0.15) is 29.5 Å². The van der Waals surface area contributed by atoms with Crippen LogP contribution in [0.5, 0.6) is 0 Å². The Balaban J connectivity index is 1.82. The van der Waals surface area contributed by atoms with Crippen molar-refractivity contribution < 1.29 is 0 Å². The Hall–Kier alpha value is -1.25. The molecule has 0 saturated carbocycles. The van der Waals surface area contributed by atoms with Gasteiger partial charge in [-0.3, -0.25) is 0 Å². The normalized spacial score (nSPS) is 26.1. The minimum atomic E-state index is 0.328. The number of allylic oxidation sites excluding steroid dienone is 2. The van der Waals surface area contributed by atoms with Crippen LogP contribution in [-0.2, 0) is 0 Å². The summed E-state index contributed by atoms with van der Waals surface area (Å²) in [5.41, 5.74) is 3.86. The Bertz CT molecular complexity index is 725. The van der Waals surface area contributed by atoms with E-state index in [2.05, 4.69) is 69.8 Å². The Labute approximate surface area is 138 Å². The maximum absolute atomic E-state index is 6.19. The number of nitrogens with one attached hydrogen (secondary N) is 1. The van der Waals surface area contributed by atoms with E-state index in [9.17, 15) is 0 Å². The molecule has 2 aromatic rings. The van der Waals surface area contributed by atoms with Crippen LogP contribution in [0.15, 0.2) is 59.1 Å². The molecule has 1 aliphatic heterocycles. The lowest BCUT2D eigenvalue weighted by atomic mass is 9.77. The molecule has 0 aromatic heterocycles. The second-order valence-electron chi connectivity index (χ2n) is 5.73. The molecule has 106 valence electrons. The van der Waals surface area contributed by atoms with Gasteiger partial charge in [0.2, 0.25) is 0 Å². The van der Waals surface area contributed by atoms with Crippen LogP contribution in [0.4, 0.5) is 5.69 Å². The number of halogens is 2. The highest BCUT2D eigenvalue weighted by atomic mass is 79.9. The summed E-state index contributed by atoms with van der Waals surface area (Å²) in [5.74, 6) is 1.01. The first-order valence-electron chi connectivity index (χ1n) is 7.21. The molecular formula is C18H15BrClN. The monoisotopic (exact) mass is 359 g/mol. The Morgan fingerprint density at radius 1 is 1.10 bits per heavy atom. The number of anilines is 1. The van der Waals surface area contributed by atoms with Crippen molar-refractivity contribution in [1.29, 1.82) is 0 Å². The predicted octanol–water partition coefficient (Wildman–Crippen LogP) is 5.93. The van der Waals surface area contributed by atoms with E-state index in [-0.39, 0.29) is 0 Å². The highest BCUT2D eigenvalue weighted by molar-refractivity contribution is 9.10. The van der Waals surface area contributed by atoms with Crippen molar-refractivity contribution in [2.24, 2.45) is 5.92 Å². The second-order valence-corrected chi connectivity index (χ2v) is 7.02. The number of fused-ring (bicyclic) bond motifs is 3. The zero-order valence-electron chi connectivity index (χ0n) is 11.4. The van der Waals surface area contributed by atoms with Gasteiger partial charge in [-0.1, -0.05) is 57.9 Å². The molecule has 0 bridgehead atoms. The summed E-state index contributed by atoms with van der Waals surface area (Å²) in [6.07, 6.45) is 5.75. The fourth-order valence-electron chi connectivity index (χ4n) is 3.60. The molecule has 21 heavy (non-hydrogen) atoms. The van der Waals surface area contributed by atoms with Gasteiger partial charge < -0.3 is 5.32 Å². The highest BCUT2D eigenvalue weighted by Gasteiger charge is 2.38. The van der Waals surface area contributed by atoms with Crippen LogP contribution in [0, 0.1) is 5.92 Å². The Kier molecular flexibility index (Phi) is 3.31. The predicted molar refractivity (Wildman–Crippen MR) is 91.9 cm³/mol. The summed E-state index contributed by atoms with van der Waals surface area (Å²) in [7, 11) is 0. The summed E-state index contributed by atoms with van der Waals surface area (Å²) in [4.78, 5) is 0. The zero-order chi connectivity index (χ0) is 14.4. The van der Waals surface area contributed by atoms with E-state index in [0.717, 1.165) is 11.4 Å². The molecule has 2 aromatic carbocycles. The lowest BCUT2D eigenvalue weighted by Crippen LogP contribution is -2.29. The third kappa shape index (κ3) is 2.21. The van der Waals surface area contributed by atoms with Crippen LogP contribution >= 0.6 is 27.5 Å². The van der Waals surface area contributed by atoms with Gasteiger partial charge in [0.25, 0.3) is 0 Å². The number of rotatable bonds is 1. The van der Waals surface area contributed by atoms with Gasteiger partial charge in [-0.15, -0.1) is 0 Å². The van der Waals surface area contributed by atoms with Gasteiger partial charge in [-0.25, -0.2) is 0 Å². The molecule has 2 aliphatic rings. The van der Waals surface area contributed by atoms with E-state index in [0.29, 0.717) is 17.9 Å². The third-order valence-corrected chi connectivity index (χ3v) is 5.52. The summed E-state index contributed by atoms with van der Waals surface area (Å²) < 4.78 is 1.17. The summed E-state index contributed by atoms with van der Waals surface area (Å²) in [6, 6.07) is 15.0. The van der Waals surface area contributed by atoms with E-state index in [1.54, 1.807) is 0 Å². The van der Waals surface area contributed by atoms with Crippen LogP contribution < -0.4 is 5.32 Å². The standard InChI is InChI=1S/C18H15BrClN/c19-16-7-2-1-4-14(16)18-13-6-3-5-12(13)15-10-11(20)8-9-17(15)21-18/h1-5,7-10,12-13,18,21H,6H2/t12-,13-,18+/m1/s1. The SMILES string of the molecule is Clc1ccc2c(c1)[C@@H]1C=CC[C@H]1[C@@H](c1ccccc1Br)N2. The summed E-state index contributed by atoms with van der Waals surface area (Å²) in [6.45, 7) is 0. The van der Waals surface area contributed by atoms with Crippen LogP contribution in [0.2, 0.25) is 5.02 Å². The zero-order valence-corrected chi connectivity index (χ0v) is 13.7. The van der Waals surface area contributed by atoms with Gasteiger partial charge in [-0.2, -0.15) is 0 Å². The van der Waals surface area contributed by atoms with Crippen molar-refractivity contribution in [2.45, 2.75) is 18.4 Å². The van der Waals surface area contributed by atoms with E-state index >= 15 is 0 Å². The molecule has 0 fully saturated rings. The van der Waals surface area contributed by atoms with E-state index in [4.69, 9.17) is 11.6 Å². The second kappa shape index (κ2) is 5.19. The molecule has 0 saturated heterocycles. The van der Waals surface area contributed by atoms with E-state index in [1.165, 1.54) is 21.3 Å². The molecule has 1 N–H and O–H groups in total. The van der Waals surface area contributed by atoms with Crippen molar-refractivity contribution in [2.75, 3.05) is 5.32 Å². The minimum absolute atomic E-state index is 0.328. The van der Waals surface area contributed by atoms with Crippen molar-refractivity contribution in [3.63, 3.8) is 0 Å². The highest BCUT2D eigenvalue weighted by Crippen LogP contribution is 2.51. The van der Waals surface area contributed by atoms with Gasteiger partial charge in [0, 0.05) is 21.1 Å². The summed E-state index contributed by atoms with van der Waals surface area (Å²) in [5, 5.41) is 4.54. The smallest absolute Gasteiger partial charge is 0.0565 e. The summed E-state index contributed by atoms with van der Waals surface area (Å²) >= 11 is 9.89. The first kappa shape index (κ1) is 13.4. The maximum Gasteiger partial charge on any atom is 0.0565 e. The van der Waals surface area contributed by atoms with Gasteiger partial charge in [0.15, 0.2) is 0 Å². The van der Waals surface area contributed by atoms with Crippen LogP contribution in [-0.4, -0.2) is 0 Å². The number of benzene rings is 2. The Morgan fingerprint density at radius 3 is 2.81 bits per heavy atom. The fourth-order valence-corrected chi connectivity index (χ4v) is 4.31. The van der Waals surface area contributed by atoms with Crippen LogP contribution in [0.3, 0.4) is 0 Å². The van der Waals surface area contributed by atoms with Gasteiger partial charge in [0.1, 0.15) is 0 Å². The van der Waals surface area contributed by atoms with Crippen molar-refractivity contribution in [1.82, 2.24) is 0 Å². The molecule has 0 unspecified atom stereocenters. The molecule has 4 rings (SSSR count). The third-order valence-electron chi connectivity index (χ3n) is 4.57. The molecule has 0 radical (unpaired) electrons. The molecule has 1 aliphatic carbocycles. The minimum Gasteiger partial charge on any atom is -0.378 e. The molecule has 3 atom stereocenters. The van der Waals surface area contributed by atoms with Gasteiger partial charge >= 0.3 is 0 Å². The largest absolute Gasteiger partial charge is 0.378 e. The average Bonchev–Trinajstić information content (AvgIpc) is 2.97. The Morgan fingerprint density at radius 2 is 1.95 bits per heavy atom. The molecule has 1 nitrogen and oxygen atoms in total. The average molecular weight is 361 g/mol. The molecule has 0 spiro atoms. The first-order chi connectivity index (χ1) is 10.2. The lowest BCUT2D eigenvalue weighted by molar-refractivity contribution is 0.424. The van der Waals surface area contributed by atoms with Gasteiger partial charge in [-0.05, 0) is 47.7 Å². The topological polar surface area (TPSA) is 12.0 Å². The molecular weight excluding hydrogens is 346 g/mol. The number of hydrogen-bond donors (Lipinski definition) is 1. The van der Waals surface area contributed by atoms with Crippen molar-refractivity contribution in [3.8, 4) is 0 Å². The maximum atomic E-state index is 6.19.